The minimum atomic E-state index is -0.0747. The van der Waals surface area contributed by atoms with E-state index in [1.807, 2.05) is 34.1 Å². The quantitative estimate of drug-likeness (QED) is 0.542. The summed E-state index contributed by atoms with van der Waals surface area (Å²) in [4.78, 5) is 35.6. The van der Waals surface area contributed by atoms with Gasteiger partial charge in [0.1, 0.15) is 0 Å². The number of fused-ring (bicyclic) bond motifs is 1. The van der Waals surface area contributed by atoms with E-state index in [4.69, 9.17) is 9.72 Å². The number of para-hydroxylation sites is 2. The molecule has 0 bridgehead atoms. The van der Waals surface area contributed by atoms with Gasteiger partial charge in [-0.3, -0.25) is 9.59 Å². The number of amides is 2. The molecule has 4 rings (SSSR count). The zero-order chi connectivity index (χ0) is 24.1. The molecule has 2 aromatic rings. The minimum Gasteiger partial charge on any atom is -0.385 e. The number of carbonyl (C=O) groups is 2. The van der Waals surface area contributed by atoms with E-state index in [0.717, 1.165) is 49.9 Å². The van der Waals surface area contributed by atoms with Crippen molar-refractivity contribution in [3.8, 4) is 0 Å². The number of methoxy groups -OCH3 is 1. The number of aromatic nitrogens is 2. The molecule has 8 nitrogen and oxygen atoms in total. The predicted molar refractivity (Wildman–Crippen MR) is 133 cm³/mol. The predicted octanol–water partition coefficient (Wildman–Crippen LogP) is 2.77. The van der Waals surface area contributed by atoms with Gasteiger partial charge < -0.3 is 24.4 Å². The number of imidazole rings is 1. The van der Waals surface area contributed by atoms with Crippen LogP contribution in [0.2, 0.25) is 0 Å². The average Bonchev–Trinajstić information content (AvgIpc) is 3.17. The molecule has 0 radical (unpaired) electrons. The van der Waals surface area contributed by atoms with Gasteiger partial charge in [-0.15, -0.1) is 0 Å². The molecule has 2 fully saturated rings. The lowest BCUT2D eigenvalue weighted by Crippen LogP contribution is -2.56. The number of hydrogen-bond donors (Lipinski definition) is 1. The molecule has 186 valence electrons. The molecular weight excluding hydrogens is 430 g/mol. The fourth-order valence-corrected chi connectivity index (χ4v) is 5.04. The summed E-state index contributed by atoms with van der Waals surface area (Å²) < 4.78 is 7.28. The standard InChI is InChI=1S/C26H39N5O3/c1-19(2)18-31(21-15-20(16-27-17-21)25(32)29-11-8-12-29)26(33)24-28-22-9-4-5-10-23(22)30(24)13-6-7-14-34-3/h4-5,9-10,19-21,27H,6-8,11-18H2,1-3H3. The van der Waals surface area contributed by atoms with Gasteiger partial charge in [-0.2, -0.15) is 0 Å². The van der Waals surface area contributed by atoms with Crippen molar-refractivity contribution in [2.45, 2.75) is 52.1 Å². The minimum absolute atomic E-state index is 0.0272. The highest BCUT2D eigenvalue weighted by Crippen LogP contribution is 2.25. The highest BCUT2D eigenvalue weighted by atomic mass is 16.5. The fourth-order valence-electron chi connectivity index (χ4n) is 5.04. The SMILES string of the molecule is COCCCCn1c(C(=O)N(CC(C)C)C2CNCC(C(=O)N3CCC3)C2)nc2ccccc21. The summed E-state index contributed by atoms with van der Waals surface area (Å²) in [5, 5.41) is 3.44. The van der Waals surface area contributed by atoms with Gasteiger partial charge in [0.2, 0.25) is 5.91 Å². The number of unbranched alkanes of at least 4 members (excludes halogenated alkanes) is 1. The summed E-state index contributed by atoms with van der Waals surface area (Å²) in [6.07, 6.45) is 3.64. The van der Waals surface area contributed by atoms with Crippen molar-refractivity contribution in [2.24, 2.45) is 11.8 Å². The second-order valence-electron chi connectivity index (χ2n) is 10.1. The monoisotopic (exact) mass is 469 g/mol. The van der Waals surface area contributed by atoms with E-state index < -0.39 is 0 Å². The van der Waals surface area contributed by atoms with Crippen LogP contribution in [0.15, 0.2) is 24.3 Å². The Morgan fingerprint density at radius 1 is 1.21 bits per heavy atom. The summed E-state index contributed by atoms with van der Waals surface area (Å²) in [5.74, 6) is 0.922. The normalized spacial score (nSPS) is 20.5. The van der Waals surface area contributed by atoms with Gasteiger partial charge in [-0.05, 0) is 43.7 Å². The number of hydrogen-bond acceptors (Lipinski definition) is 5. The maximum atomic E-state index is 14.0. The number of benzene rings is 1. The summed E-state index contributed by atoms with van der Waals surface area (Å²) >= 11 is 0. The average molecular weight is 470 g/mol. The summed E-state index contributed by atoms with van der Waals surface area (Å²) in [5.41, 5.74) is 1.83. The van der Waals surface area contributed by atoms with Crippen LogP contribution in [0.3, 0.4) is 0 Å². The number of likely N-dealkylation sites (tertiary alicyclic amines) is 1. The second-order valence-corrected chi connectivity index (χ2v) is 10.1. The van der Waals surface area contributed by atoms with Crippen molar-refractivity contribution in [1.29, 1.82) is 0 Å². The molecule has 2 aliphatic heterocycles. The van der Waals surface area contributed by atoms with Crippen LogP contribution >= 0.6 is 0 Å². The van der Waals surface area contributed by atoms with Crippen LogP contribution in [0.25, 0.3) is 11.0 Å². The third-order valence-corrected chi connectivity index (χ3v) is 6.93. The Morgan fingerprint density at radius 3 is 2.71 bits per heavy atom. The zero-order valence-corrected chi connectivity index (χ0v) is 20.8. The Hall–Kier alpha value is -2.45. The van der Waals surface area contributed by atoms with Gasteiger partial charge in [0.15, 0.2) is 5.82 Å². The first-order chi connectivity index (χ1) is 16.5. The van der Waals surface area contributed by atoms with E-state index in [-0.39, 0.29) is 23.8 Å². The third-order valence-electron chi connectivity index (χ3n) is 6.93. The molecule has 34 heavy (non-hydrogen) atoms. The number of nitrogens with one attached hydrogen (secondary N) is 1. The molecule has 2 unspecified atom stereocenters. The first-order valence-electron chi connectivity index (χ1n) is 12.7. The van der Waals surface area contributed by atoms with Gasteiger partial charge in [-0.1, -0.05) is 26.0 Å². The van der Waals surface area contributed by atoms with Gasteiger partial charge in [0.25, 0.3) is 5.91 Å². The molecule has 2 saturated heterocycles. The number of ether oxygens (including phenoxy) is 1. The van der Waals surface area contributed by atoms with E-state index in [2.05, 4.69) is 23.7 Å². The van der Waals surface area contributed by atoms with Crippen molar-refractivity contribution in [3.63, 3.8) is 0 Å². The fraction of sp³-hybridized carbons (Fsp3) is 0.654. The molecule has 1 aromatic heterocycles. The van der Waals surface area contributed by atoms with Crippen molar-refractivity contribution in [3.05, 3.63) is 30.1 Å². The van der Waals surface area contributed by atoms with E-state index in [1.54, 1.807) is 7.11 Å². The Morgan fingerprint density at radius 2 is 2.00 bits per heavy atom. The van der Waals surface area contributed by atoms with Gasteiger partial charge in [0.05, 0.1) is 17.0 Å². The number of carbonyl (C=O) groups excluding carboxylic acids is 2. The Balaban J connectivity index is 1.59. The zero-order valence-electron chi connectivity index (χ0n) is 20.8. The third kappa shape index (κ3) is 5.44. The topological polar surface area (TPSA) is 79.7 Å². The Bertz CT molecular complexity index is 984. The largest absolute Gasteiger partial charge is 0.385 e. The number of piperidine rings is 1. The molecule has 1 aromatic carbocycles. The van der Waals surface area contributed by atoms with Gasteiger partial charge in [-0.25, -0.2) is 4.98 Å². The highest BCUT2D eigenvalue weighted by molar-refractivity contribution is 5.95. The van der Waals surface area contributed by atoms with Crippen LogP contribution in [0.5, 0.6) is 0 Å². The summed E-state index contributed by atoms with van der Waals surface area (Å²) in [7, 11) is 1.71. The molecule has 2 atom stereocenters. The second kappa shape index (κ2) is 11.3. The molecule has 1 N–H and O–H groups in total. The molecule has 8 heteroatoms. The number of rotatable bonds is 10. The molecule has 2 amide bonds. The van der Waals surface area contributed by atoms with E-state index in [1.165, 1.54) is 0 Å². The molecule has 0 saturated carbocycles. The Kier molecular flexibility index (Phi) is 8.21. The van der Waals surface area contributed by atoms with Crippen molar-refractivity contribution < 1.29 is 14.3 Å². The van der Waals surface area contributed by atoms with Crippen molar-refractivity contribution in [2.75, 3.05) is 46.4 Å². The van der Waals surface area contributed by atoms with Crippen LogP contribution in [0, 0.1) is 11.8 Å². The van der Waals surface area contributed by atoms with Crippen LogP contribution in [-0.2, 0) is 16.1 Å². The van der Waals surface area contributed by atoms with Crippen LogP contribution in [0.4, 0.5) is 0 Å². The molecule has 2 aliphatic rings. The van der Waals surface area contributed by atoms with Crippen LogP contribution in [0.1, 0.15) is 50.1 Å². The van der Waals surface area contributed by atoms with Gasteiger partial charge in [0, 0.05) is 59.0 Å². The summed E-state index contributed by atoms with van der Waals surface area (Å²) in [6, 6.07) is 7.93. The van der Waals surface area contributed by atoms with Gasteiger partial charge >= 0.3 is 0 Å². The van der Waals surface area contributed by atoms with Crippen LogP contribution < -0.4 is 5.32 Å². The molecule has 3 heterocycles. The van der Waals surface area contributed by atoms with E-state index >= 15 is 0 Å². The maximum Gasteiger partial charge on any atom is 0.290 e. The maximum absolute atomic E-state index is 14.0. The number of nitrogens with zero attached hydrogens (tertiary/aromatic N) is 4. The summed E-state index contributed by atoms with van der Waals surface area (Å²) in [6.45, 7) is 9.45. The van der Waals surface area contributed by atoms with E-state index in [9.17, 15) is 9.59 Å². The highest BCUT2D eigenvalue weighted by Gasteiger charge is 2.37. The first-order valence-corrected chi connectivity index (χ1v) is 12.7. The number of aryl methyl sites for hydroxylation is 1. The van der Waals surface area contributed by atoms with E-state index in [0.29, 0.717) is 44.4 Å². The lowest BCUT2D eigenvalue weighted by molar-refractivity contribution is -0.140. The van der Waals surface area contributed by atoms with Crippen LogP contribution in [-0.4, -0.2) is 83.6 Å². The van der Waals surface area contributed by atoms with Crippen molar-refractivity contribution in [1.82, 2.24) is 24.7 Å². The molecule has 0 spiro atoms. The smallest absolute Gasteiger partial charge is 0.290 e. The lowest BCUT2D eigenvalue weighted by atomic mass is 9.92. The lowest BCUT2D eigenvalue weighted by Gasteiger charge is -2.41. The molecule has 0 aliphatic carbocycles. The first kappa shape index (κ1) is 24.7. The Labute approximate surface area is 202 Å². The molecular formula is C26H39N5O3. The van der Waals surface area contributed by atoms with Crippen molar-refractivity contribution >= 4 is 22.8 Å².